The summed E-state index contributed by atoms with van der Waals surface area (Å²) in [5.41, 5.74) is 0.137. The first kappa shape index (κ1) is 13.6. The van der Waals surface area contributed by atoms with Crippen molar-refractivity contribution in [1.82, 2.24) is 10.2 Å². The molecule has 1 saturated heterocycles. The van der Waals surface area contributed by atoms with Crippen LogP contribution in [0.15, 0.2) is 30.3 Å². The maximum Gasteiger partial charge on any atom is 0.269 e. The van der Waals surface area contributed by atoms with Gasteiger partial charge in [-0.2, -0.15) is 0 Å². The van der Waals surface area contributed by atoms with Crippen LogP contribution in [-0.2, 0) is 0 Å². The van der Waals surface area contributed by atoms with Gasteiger partial charge in [-0.25, -0.2) is 0 Å². The van der Waals surface area contributed by atoms with Crippen molar-refractivity contribution in [1.29, 1.82) is 0 Å². The molecule has 1 aliphatic heterocycles. The smallest absolute Gasteiger partial charge is 0.269 e. The van der Waals surface area contributed by atoms with Gasteiger partial charge in [0.1, 0.15) is 0 Å². The molecule has 1 fully saturated rings. The van der Waals surface area contributed by atoms with Gasteiger partial charge in [0.25, 0.3) is 5.69 Å². The van der Waals surface area contributed by atoms with E-state index < -0.39 is 4.92 Å². The molecule has 1 N–H and O–H groups in total. The zero-order chi connectivity index (χ0) is 12.7. The van der Waals surface area contributed by atoms with E-state index in [1.165, 1.54) is 31.6 Å². The van der Waals surface area contributed by atoms with E-state index in [0.29, 0.717) is 0 Å². The van der Waals surface area contributed by atoms with Crippen LogP contribution in [0.4, 0.5) is 5.69 Å². The molecule has 5 nitrogen and oxygen atoms in total. The Balaban J connectivity index is 0.000000171. The third kappa shape index (κ3) is 4.93. The normalized spacial score (nSPS) is 18.6. The SMILES string of the molecule is CN(C)C1CCNC1.O=[N+]([O-])c1ccccc1. The quantitative estimate of drug-likeness (QED) is 0.625. The number of nitrogens with one attached hydrogen (secondary N) is 1. The molecular formula is C12H19N3O2. The monoisotopic (exact) mass is 237 g/mol. The summed E-state index contributed by atoms with van der Waals surface area (Å²) in [4.78, 5) is 11.9. The summed E-state index contributed by atoms with van der Waals surface area (Å²) in [5, 5.41) is 13.3. The number of nitro benzene ring substituents is 1. The molecular weight excluding hydrogens is 218 g/mol. The van der Waals surface area contributed by atoms with Crippen molar-refractivity contribution in [2.75, 3.05) is 27.2 Å². The second-order valence-corrected chi connectivity index (χ2v) is 4.20. The molecule has 1 atom stereocenters. The van der Waals surface area contributed by atoms with E-state index in [2.05, 4.69) is 24.3 Å². The summed E-state index contributed by atoms with van der Waals surface area (Å²) in [5.74, 6) is 0. The molecule has 1 aromatic rings. The Kier molecular flexibility index (Phi) is 5.59. The standard InChI is InChI=1S/C6H14N2.C6H5NO2/c1-8(2)6-3-4-7-5-6;8-7(9)6-4-2-1-3-5-6/h6-7H,3-5H2,1-2H3;1-5H. The number of likely N-dealkylation sites (N-methyl/N-ethyl adjacent to an activating group) is 1. The third-order valence-electron chi connectivity index (χ3n) is 2.73. The lowest BCUT2D eigenvalue weighted by molar-refractivity contribution is -0.384. The fourth-order valence-corrected chi connectivity index (χ4v) is 1.63. The highest BCUT2D eigenvalue weighted by atomic mass is 16.6. The van der Waals surface area contributed by atoms with Gasteiger partial charge in [0.05, 0.1) is 4.92 Å². The molecule has 0 bridgehead atoms. The Morgan fingerprint density at radius 1 is 1.35 bits per heavy atom. The molecule has 0 radical (unpaired) electrons. The Labute approximate surface area is 102 Å². The van der Waals surface area contributed by atoms with Crippen molar-refractivity contribution in [3.63, 3.8) is 0 Å². The number of rotatable bonds is 2. The molecule has 1 heterocycles. The molecule has 0 aromatic heterocycles. The number of non-ortho nitro benzene ring substituents is 1. The molecule has 0 aliphatic carbocycles. The molecule has 1 aliphatic rings. The van der Waals surface area contributed by atoms with E-state index in [0.717, 1.165) is 6.04 Å². The van der Waals surface area contributed by atoms with Crippen LogP contribution in [0.5, 0.6) is 0 Å². The zero-order valence-corrected chi connectivity index (χ0v) is 10.3. The van der Waals surface area contributed by atoms with Gasteiger partial charge < -0.3 is 10.2 Å². The highest BCUT2D eigenvalue weighted by Gasteiger charge is 2.14. The van der Waals surface area contributed by atoms with Crippen molar-refractivity contribution >= 4 is 5.69 Å². The van der Waals surface area contributed by atoms with Gasteiger partial charge in [-0.1, -0.05) is 18.2 Å². The number of nitrogens with zero attached hydrogens (tertiary/aromatic N) is 2. The summed E-state index contributed by atoms with van der Waals surface area (Å²) in [6.45, 7) is 2.37. The number of hydrogen-bond donors (Lipinski definition) is 1. The summed E-state index contributed by atoms with van der Waals surface area (Å²) < 4.78 is 0. The fourth-order valence-electron chi connectivity index (χ4n) is 1.63. The predicted octanol–water partition coefficient (Wildman–Crippen LogP) is 1.50. The highest BCUT2D eigenvalue weighted by molar-refractivity contribution is 5.27. The van der Waals surface area contributed by atoms with E-state index >= 15 is 0 Å². The van der Waals surface area contributed by atoms with Crippen LogP contribution in [0.3, 0.4) is 0 Å². The zero-order valence-electron chi connectivity index (χ0n) is 10.3. The second kappa shape index (κ2) is 6.98. The number of nitro groups is 1. The van der Waals surface area contributed by atoms with Crippen LogP contribution in [-0.4, -0.2) is 43.0 Å². The minimum Gasteiger partial charge on any atom is -0.315 e. The third-order valence-corrected chi connectivity index (χ3v) is 2.73. The van der Waals surface area contributed by atoms with Gasteiger partial charge in [-0.3, -0.25) is 10.1 Å². The lowest BCUT2D eigenvalue weighted by Crippen LogP contribution is -2.29. The van der Waals surface area contributed by atoms with Crippen LogP contribution < -0.4 is 5.32 Å². The van der Waals surface area contributed by atoms with Crippen molar-refractivity contribution < 1.29 is 4.92 Å². The molecule has 17 heavy (non-hydrogen) atoms. The molecule has 1 unspecified atom stereocenters. The van der Waals surface area contributed by atoms with Gasteiger partial charge in [0.15, 0.2) is 0 Å². The summed E-state index contributed by atoms with van der Waals surface area (Å²) in [7, 11) is 4.27. The van der Waals surface area contributed by atoms with E-state index in [9.17, 15) is 10.1 Å². The largest absolute Gasteiger partial charge is 0.315 e. The summed E-state index contributed by atoms with van der Waals surface area (Å²) in [6.07, 6.45) is 1.31. The van der Waals surface area contributed by atoms with Crippen LogP contribution in [0.1, 0.15) is 6.42 Å². The van der Waals surface area contributed by atoms with Crippen molar-refractivity contribution in [3.05, 3.63) is 40.4 Å². The van der Waals surface area contributed by atoms with Gasteiger partial charge in [-0.15, -0.1) is 0 Å². The molecule has 94 valence electrons. The van der Waals surface area contributed by atoms with E-state index in [1.54, 1.807) is 18.2 Å². The lowest BCUT2D eigenvalue weighted by atomic mass is 10.2. The maximum absolute atomic E-state index is 10.0. The van der Waals surface area contributed by atoms with Crippen LogP contribution in [0, 0.1) is 10.1 Å². The minimum atomic E-state index is -0.417. The molecule has 0 spiro atoms. The first-order chi connectivity index (χ1) is 8.11. The molecule has 0 amide bonds. The number of benzene rings is 1. The van der Waals surface area contributed by atoms with Crippen LogP contribution in [0.2, 0.25) is 0 Å². The van der Waals surface area contributed by atoms with Crippen molar-refractivity contribution in [2.45, 2.75) is 12.5 Å². The summed E-state index contributed by atoms with van der Waals surface area (Å²) in [6, 6.07) is 8.72. The Morgan fingerprint density at radius 2 is 2.00 bits per heavy atom. The van der Waals surface area contributed by atoms with Gasteiger partial charge in [0.2, 0.25) is 0 Å². The second-order valence-electron chi connectivity index (χ2n) is 4.20. The van der Waals surface area contributed by atoms with E-state index in [-0.39, 0.29) is 5.69 Å². The molecule has 1 aromatic carbocycles. The predicted molar refractivity (Wildman–Crippen MR) is 68.1 cm³/mol. The topological polar surface area (TPSA) is 58.4 Å². The number of para-hydroxylation sites is 1. The maximum atomic E-state index is 10.0. The van der Waals surface area contributed by atoms with Crippen LogP contribution in [0.25, 0.3) is 0 Å². The van der Waals surface area contributed by atoms with Crippen LogP contribution >= 0.6 is 0 Å². The van der Waals surface area contributed by atoms with Gasteiger partial charge in [-0.05, 0) is 27.1 Å². The van der Waals surface area contributed by atoms with Crippen molar-refractivity contribution in [3.8, 4) is 0 Å². The Morgan fingerprint density at radius 3 is 2.29 bits per heavy atom. The lowest BCUT2D eigenvalue weighted by Gasteiger charge is -2.16. The minimum absolute atomic E-state index is 0.137. The molecule has 5 heteroatoms. The first-order valence-corrected chi connectivity index (χ1v) is 5.68. The van der Waals surface area contributed by atoms with Gasteiger partial charge in [0, 0.05) is 24.7 Å². The van der Waals surface area contributed by atoms with E-state index in [4.69, 9.17) is 0 Å². The van der Waals surface area contributed by atoms with Crippen molar-refractivity contribution in [2.24, 2.45) is 0 Å². The fraction of sp³-hybridized carbons (Fsp3) is 0.500. The summed E-state index contributed by atoms with van der Waals surface area (Å²) >= 11 is 0. The molecule has 2 rings (SSSR count). The molecule has 0 saturated carbocycles. The van der Waals surface area contributed by atoms with Gasteiger partial charge >= 0.3 is 0 Å². The Bertz CT molecular complexity index is 335. The first-order valence-electron chi connectivity index (χ1n) is 5.68. The Hall–Kier alpha value is -1.46. The average Bonchev–Trinajstić information content (AvgIpc) is 2.84. The highest BCUT2D eigenvalue weighted by Crippen LogP contribution is 2.06. The number of hydrogen-bond acceptors (Lipinski definition) is 4. The average molecular weight is 237 g/mol. The van der Waals surface area contributed by atoms with E-state index in [1.807, 2.05) is 0 Å².